The van der Waals surface area contributed by atoms with Crippen molar-refractivity contribution in [2.45, 2.75) is 25.0 Å². The number of hydrogen-bond acceptors (Lipinski definition) is 7. The molecular weight excluding hydrogens is 472 g/mol. The highest BCUT2D eigenvalue weighted by Crippen LogP contribution is 2.23. The second kappa shape index (κ2) is 13.4. The zero-order valence-electron chi connectivity index (χ0n) is 20.8. The van der Waals surface area contributed by atoms with Crippen molar-refractivity contribution in [1.29, 1.82) is 0 Å². The molecule has 2 heterocycles. The van der Waals surface area contributed by atoms with Crippen molar-refractivity contribution in [3.63, 3.8) is 0 Å². The third kappa shape index (κ3) is 8.03. The minimum atomic E-state index is -0.647. The topological polar surface area (TPSA) is 111 Å². The lowest BCUT2D eigenvalue weighted by Gasteiger charge is -2.31. The standard InChI is InChI=1S/C28H32N4O5/c1-35-28(34)31-18-27(33)32-26-5-3-2-4-22(26)8-11-24-16-30-17-25(37-24)19-36-23-9-6-20(7-10-23)21-12-14-29-15-13-21/h2-7,9-10,12-15,24-25,30H,8,11,16-19H2,1H3,(H,31,34)(H,32,33). The largest absolute Gasteiger partial charge is 0.491 e. The highest BCUT2D eigenvalue weighted by molar-refractivity contribution is 5.94. The van der Waals surface area contributed by atoms with Crippen LogP contribution >= 0.6 is 0 Å². The molecule has 1 aromatic heterocycles. The monoisotopic (exact) mass is 504 g/mol. The average molecular weight is 505 g/mol. The molecule has 37 heavy (non-hydrogen) atoms. The molecule has 2 amide bonds. The van der Waals surface area contributed by atoms with Crippen molar-refractivity contribution in [2.24, 2.45) is 0 Å². The van der Waals surface area contributed by atoms with E-state index in [9.17, 15) is 9.59 Å². The van der Waals surface area contributed by atoms with Gasteiger partial charge in [0.2, 0.25) is 5.91 Å². The average Bonchev–Trinajstić information content (AvgIpc) is 2.95. The van der Waals surface area contributed by atoms with Crippen LogP contribution in [0.25, 0.3) is 11.1 Å². The Balaban J connectivity index is 1.24. The van der Waals surface area contributed by atoms with Crippen LogP contribution in [0.15, 0.2) is 73.1 Å². The molecule has 2 aromatic carbocycles. The molecule has 9 nitrogen and oxygen atoms in total. The van der Waals surface area contributed by atoms with Crippen LogP contribution in [0.1, 0.15) is 12.0 Å². The zero-order chi connectivity index (χ0) is 25.9. The Bertz CT molecular complexity index is 1160. The van der Waals surface area contributed by atoms with E-state index in [1.165, 1.54) is 7.11 Å². The highest BCUT2D eigenvalue weighted by Gasteiger charge is 2.23. The molecule has 3 N–H and O–H groups in total. The molecule has 1 aliphatic rings. The van der Waals surface area contributed by atoms with Gasteiger partial charge in [-0.3, -0.25) is 9.78 Å². The van der Waals surface area contributed by atoms with Gasteiger partial charge in [0.25, 0.3) is 0 Å². The van der Waals surface area contributed by atoms with E-state index in [1.807, 2.05) is 60.7 Å². The van der Waals surface area contributed by atoms with E-state index in [1.54, 1.807) is 12.4 Å². The number of anilines is 1. The lowest BCUT2D eigenvalue weighted by atomic mass is 10.0. The van der Waals surface area contributed by atoms with Gasteiger partial charge in [-0.15, -0.1) is 0 Å². The Labute approximate surface area is 216 Å². The molecule has 0 bridgehead atoms. The Kier molecular flexibility index (Phi) is 9.45. The fraction of sp³-hybridized carbons (Fsp3) is 0.321. The Morgan fingerprint density at radius 2 is 1.73 bits per heavy atom. The first-order valence-corrected chi connectivity index (χ1v) is 12.3. The normalized spacial score (nSPS) is 17.0. The van der Waals surface area contributed by atoms with Gasteiger partial charge in [-0.25, -0.2) is 4.79 Å². The van der Waals surface area contributed by atoms with Crippen molar-refractivity contribution < 1.29 is 23.8 Å². The van der Waals surface area contributed by atoms with E-state index in [2.05, 4.69) is 25.7 Å². The molecule has 1 fully saturated rings. The number of aryl methyl sites for hydroxylation is 1. The summed E-state index contributed by atoms with van der Waals surface area (Å²) >= 11 is 0. The molecule has 0 saturated carbocycles. The summed E-state index contributed by atoms with van der Waals surface area (Å²) in [6.45, 7) is 1.78. The van der Waals surface area contributed by atoms with Crippen molar-refractivity contribution in [3.05, 3.63) is 78.6 Å². The molecule has 9 heteroatoms. The fourth-order valence-electron chi connectivity index (χ4n) is 4.11. The van der Waals surface area contributed by atoms with E-state index in [0.717, 1.165) is 54.1 Å². The minimum Gasteiger partial charge on any atom is -0.491 e. The van der Waals surface area contributed by atoms with Gasteiger partial charge in [0.05, 0.1) is 13.2 Å². The molecule has 3 aromatic rings. The predicted octanol–water partition coefficient (Wildman–Crippen LogP) is 3.41. The van der Waals surface area contributed by atoms with Gasteiger partial charge in [0.1, 0.15) is 25.0 Å². The molecule has 2 unspecified atom stereocenters. The first-order valence-electron chi connectivity index (χ1n) is 12.3. The summed E-state index contributed by atoms with van der Waals surface area (Å²) in [6.07, 6.45) is 4.41. The number of ether oxygens (including phenoxy) is 3. The summed E-state index contributed by atoms with van der Waals surface area (Å²) in [5.74, 6) is 0.481. The molecule has 2 atom stereocenters. The van der Waals surface area contributed by atoms with Crippen LogP contribution in [0.4, 0.5) is 10.5 Å². The molecule has 0 radical (unpaired) electrons. The summed E-state index contributed by atoms with van der Waals surface area (Å²) in [5, 5.41) is 8.66. The molecule has 1 aliphatic heterocycles. The van der Waals surface area contributed by atoms with Gasteiger partial charge in [-0.1, -0.05) is 30.3 Å². The number of carbonyl (C=O) groups excluding carboxylic acids is 2. The van der Waals surface area contributed by atoms with Crippen molar-refractivity contribution in [3.8, 4) is 16.9 Å². The predicted molar refractivity (Wildman–Crippen MR) is 140 cm³/mol. The number of morpholine rings is 1. The molecule has 194 valence electrons. The maximum Gasteiger partial charge on any atom is 0.407 e. The number of amides is 2. The van der Waals surface area contributed by atoms with Crippen molar-refractivity contribution >= 4 is 17.7 Å². The van der Waals surface area contributed by atoms with E-state index in [-0.39, 0.29) is 24.7 Å². The minimum absolute atomic E-state index is 0.0289. The summed E-state index contributed by atoms with van der Waals surface area (Å²) in [7, 11) is 1.25. The highest BCUT2D eigenvalue weighted by atomic mass is 16.5. The Morgan fingerprint density at radius 3 is 2.51 bits per heavy atom. The third-order valence-electron chi connectivity index (χ3n) is 6.04. The van der Waals surface area contributed by atoms with Gasteiger partial charge in [-0.2, -0.15) is 0 Å². The number of rotatable bonds is 10. The summed E-state index contributed by atoms with van der Waals surface area (Å²) < 4.78 is 16.8. The number of pyridine rings is 1. The van der Waals surface area contributed by atoms with Gasteiger partial charge >= 0.3 is 6.09 Å². The van der Waals surface area contributed by atoms with Gasteiger partial charge in [-0.05, 0) is 59.9 Å². The molecule has 1 saturated heterocycles. The van der Waals surface area contributed by atoms with Crippen LogP contribution in [0.5, 0.6) is 5.75 Å². The molecule has 4 rings (SSSR count). The number of alkyl carbamates (subject to hydrolysis) is 1. The first kappa shape index (κ1) is 26.1. The lowest BCUT2D eigenvalue weighted by Crippen LogP contribution is -2.47. The second-order valence-corrected chi connectivity index (χ2v) is 8.70. The van der Waals surface area contributed by atoms with Crippen LogP contribution in [0.3, 0.4) is 0 Å². The fourth-order valence-corrected chi connectivity index (χ4v) is 4.11. The summed E-state index contributed by atoms with van der Waals surface area (Å²) in [4.78, 5) is 27.4. The lowest BCUT2D eigenvalue weighted by molar-refractivity contribution is -0.115. The smallest absolute Gasteiger partial charge is 0.407 e. The quantitative estimate of drug-likeness (QED) is 0.388. The van der Waals surface area contributed by atoms with Crippen LogP contribution in [-0.2, 0) is 20.7 Å². The summed E-state index contributed by atoms with van der Waals surface area (Å²) in [6, 6.07) is 19.6. The number of methoxy groups -OCH3 is 1. The van der Waals surface area contributed by atoms with Gasteiger partial charge in [0, 0.05) is 31.2 Å². The van der Waals surface area contributed by atoms with Crippen LogP contribution in [-0.4, -0.2) is 62.5 Å². The number of hydrogen-bond donors (Lipinski definition) is 3. The molecule has 0 spiro atoms. The Hall–Kier alpha value is -3.95. The number of benzene rings is 2. The first-order chi connectivity index (χ1) is 18.1. The van der Waals surface area contributed by atoms with Crippen LogP contribution in [0, 0.1) is 0 Å². The van der Waals surface area contributed by atoms with E-state index in [4.69, 9.17) is 9.47 Å². The third-order valence-corrected chi connectivity index (χ3v) is 6.04. The van der Waals surface area contributed by atoms with Crippen molar-refractivity contribution in [1.82, 2.24) is 15.6 Å². The van der Waals surface area contributed by atoms with Gasteiger partial charge < -0.3 is 30.2 Å². The van der Waals surface area contributed by atoms with Crippen LogP contribution < -0.4 is 20.7 Å². The maximum atomic E-state index is 12.2. The number of carbonyl (C=O) groups is 2. The summed E-state index contributed by atoms with van der Waals surface area (Å²) in [5.41, 5.74) is 3.95. The van der Waals surface area contributed by atoms with E-state index in [0.29, 0.717) is 6.61 Å². The second-order valence-electron chi connectivity index (χ2n) is 8.70. The van der Waals surface area contributed by atoms with Crippen LogP contribution in [0.2, 0.25) is 0 Å². The number of para-hydroxylation sites is 1. The van der Waals surface area contributed by atoms with Gasteiger partial charge in [0.15, 0.2) is 0 Å². The SMILES string of the molecule is COC(=O)NCC(=O)Nc1ccccc1CCC1CNCC(COc2ccc(-c3ccncc3)cc2)O1. The van der Waals surface area contributed by atoms with E-state index >= 15 is 0 Å². The van der Waals surface area contributed by atoms with Crippen molar-refractivity contribution in [2.75, 3.05) is 38.7 Å². The number of nitrogens with zero attached hydrogens (tertiary/aromatic N) is 1. The van der Waals surface area contributed by atoms with E-state index < -0.39 is 6.09 Å². The zero-order valence-corrected chi connectivity index (χ0v) is 20.8. The Morgan fingerprint density at radius 1 is 1.00 bits per heavy atom. The number of aromatic nitrogens is 1. The maximum absolute atomic E-state index is 12.2. The number of nitrogens with one attached hydrogen (secondary N) is 3. The molecular formula is C28H32N4O5. The molecule has 0 aliphatic carbocycles.